The van der Waals surface area contributed by atoms with Crippen LogP contribution in [0, 0.1) is 29.6 Å². The van der Waals surface area contributed by atoms with Crippen LogP contribution in [0.4, 0.5) is 0 Å². The lowest BCUT2D eigenvalue weighted by Crippen LogP contribution is -2.30. The van der Waals surface area contributed by atoms with Crippen LogP contribution in [0.2, 0.25) is 0 Å². The second kappa shape index (κ2) is 16.7. The van der Waals surface area contributed by atoms with Gasteiger partial charge in [0.25, 0.3) is 0 Å². The lowest BCUT2D eigenvalue weighted by molar-refractivity contribution is 0.00899. The van der Waals surface area contributed by atoms with Gasteiger partial charge in [-0.05, 0) is 86.3 Å². The molecule has 3 rings (SSSR count). The van der Waals surface area contributed by atoms with Gasteiger partial charge in [0, 0.05) is 5.92 Å². The molecule has 5 nitrogen and oxygen atoms in total. The quantitative estimate of drug-likeness (QED) is 0.167. The Morgan fingerprint density at radius 3 is 2.37 bits per heavy atom. The second-order valence-corrected chi connectivity index (χ2v) is 15.9. The Kier molecular flexibility index (Phi) is 14.0. The van der Waals surface area contributed by atoms with Crippen LogP contribution in [0.25, 0.3) is 0 Å². The third-order valence-electron chi connectivity index (χ3n) is 10.4. The summed E-state index contributed by atoms with van der Waals surface area (Å²) in [5, 5.41) is 10.9. The molecule has 2 heterocycles. The first-order valence-electron chi connectivity index (χ1n) is 17.0. The van der Waals surface area contributed by atoms with Crippen molar-refractivity contribution in [3.05, 3.63) is 54.6 Å². The van der Waals surface area contributed by atoms with Crippen LogP contribution in [-0.4, -0.2) is 49.8 Å². The highest BCUT2D eigenvalue weighted by atomic mass is 32.2. The minimum Gasteiger partial charge on any atom is -0.393 e. The first-order chi connectivity index (χ1) is 20.4. The van der Waals surface area contributed by atoms with Gasteiger partial charge in [-0.15, -0.1) is 0 Å². The molecule has 0 spiro atoms. The summed E-state index contributed by atoms with van der Waals surface area (Å²) in [6, 6.07) is 8.80. The zero-order valence-electron chi connectivity index (χ0n) is 27.8. The SMILES string of the molecule is C=C1C[C@H](CCCC)OC1CC[C@@H](O)C[C@@H](C)C(=C)[C@H](C)CC1O[C@H](C[C@H](C)CC)[C@H](C)[C@H]1CS(=O)(=O)c1ccccc1. The summed E-state index contributed by atoms with van der Waals surface area (Å²) in [7, 11) is -3.43. The summed E-state index contributed by atoms with van der Waals surface area (Å²) in [4.78, 5) is 0.384. The Morgan fingerprint density at radius 1 is 1.02 bits per heavy atom. The molecule has 244 valence electrons. The van der Waals surface area contributed by atoms with Gasteiger partial charge in [0.1, 0.15) is 0 Å². The van der Waals surface area contributed by atoms with Gasteiger partial charge in [-0.2, -0.15) is 0 Å². The molecule has 0 amide bonds. The monoisotopic (exact) mass is 616 g/mol. The van der Waals surface area contributed by atoms with E-state index in [2.05, 4.69) is 54.7 Å². The van der Waals surface area contributed by atoms with E-state index in [-0.39, 0.29) is 53.8 Å². The molecule has 43 heavy (non-hydrogen) atoms. The minimum absolute atomic E-state index is 0.0583. The molecule has 6 heteroatoms. The molecule has 0 aliphatic carbocycles. The average molecular weight is 617 g/mol. The van der Waals surface area contributed by atoms with Crippen LogP contribution in [-0.2, 0) is 19.3 Å². The maximum Gasteiger partial charge on any atom is 0.178 e. The number of sulfone groups is 1. The maximum absolute atomic E-state index is 13.4. The van der Waals surface area contributed by atoms with E-state index in [4.69, 9.17) is 9.47 Å². The molecule has 2 aliphatic rings. The molecular formula is C37H60O5S. The van der Waals surface area contributed by atoms with Gasteiger partial charge in [-0.1, -0.05) is 97.7 Å². The standard InChI is InChI=1S/C37H60O5S/c1-9-11-15-32-22-28(6)35(41-32)19-18-31(38)21-26(4)29(7)27(5)23-37-34(30(8)36(42-37)20-25(3)10-2)24-43(39,40)33-16-13-12-14-17-33/h12-14,16-17,25-27,30-32,34-38H,6-7,9-11,15,18-24H2,1-5,8H3/t25-,26-,27-,30-,31-,32+,34-,35?,36-,37?/m1/s1. The largest absolute Gasteiger partial charge is 0.393 e. The molecule has 2 aliphatic heterocycles. The molecule has 0 saturated carbocycles. The van der Waals surface area contributed by atoms with Crippen molar-refractivity contribution in [1.29, 1.82) is 0 Å². The van der Waals surface area contributed by atoms with Crippen LogP contribution in [0.15, 0.2) is 59.5 Å². The zero-order chi connectivity index (χ0) is 31.7. The maximum atomic E-state index is 13.4. The zero-order valence-corrected chi connectivity index (χ0v) is 28.7. The Labute approximate surface area is 263 Å². The van der Waals surface area contributed by atoms with Crippen molar-refractivity contribution in [2.24, 2.45) is 29.6 Å². The topological polar surface area (TPSA) is 72.8 Å². The Morgan fingerprint density at radius 2 is 1.72 bits per heavy atom. The predicted octanol–water partition coefficient (Wildman–Crippen LogP) is 8.57. The number of ether oxygens (including phenoxy) is 2. The van der Waals surface area contributed by atoms with Gasteiger partial charge in [-0.25, -0.2) is 8.42 Å². The first kappa shape index (κ1) is 36.0. The molecule has 0 radical (unpaired) electrons. The summed E-state index contributed by atoms with van der Waals surface area (Å²) in [5.41, 5.74) is 2.27. The van der Waals surface area contributed by atoms with Crippen molar-refractivity contribution < 1.29 is 23.0 Å². The molecule has 0 aromatic heterocycles. The van der Waals surface area contributed by atoms with Crippen LogP contribution in [0.1, 0.15) is 106 Å². The van der Waals surface area contributed by atoms with E-state index in [0.717, 1.165) is 44.1 Å². The lowest BCUT2D eigenvalue weighted by Gasteiger charge is -2.28. The van der Waals surface area contributed by atoms with Gasteiger partial charge < -0.3 is 14.6 Å². The molecule has 2 fully saturated rings. The highest BCUT2D eigenvalue weighted by molar-refractivity contribution is 7.91. The predicted molar refractivity (Wildman–Crippen MR) is 178 cm³/mol. The minimum atomic E-state index is -3.43. The van der Waals surface area contributed by atoms with Gasteiger partial charge >= 0.3 is 0 Å². The highest BCUT2D eigenvalue weighted by Gasteiger charge is 2.44. The Bertz CT molecular complexity index is 1120. The molecule has 2 saturated heterocycles. The molecule has 10 atom stereocenters. The summed E-state index contributed by atoms with van der Waals surface area (Å²) in [5.74, 6) is 1.02. The fourth-order valence-electron chi connectivity index (χ4n) is 7.05. The molecule has 0 bridgehead atoms. The first-order valence-corrected chi connectivity index (χ1v) is 18.6. The van der Waals surface area contributed by atoms with Gasteiger partial charge in [0.15, 0.2) is 9.84 Å². The smallest absolute Gasteiger partial charge is 0.178 e. The van der Waals surface area contributed by atoms with E-state index in [9.17, 15) is 13.5 Å². The molecule has 1 N–H and O–H groups in total. The Hall–Kier alpha value is -1.47. The summed E-state index contributed by atoms with van der Waals surface area (Å²) in [6.45, 7) is 21.8. The summed E-state index contributed by atoms with van der Waals surface area (Å²) >= 11 is 0. The summed E-state index contributed by atoms with van der Waals surface area (Å²) < 4.78 is 39.8. The van der Waals surface area contributed by atoms with E-state index in [1.165, 1.54) is 18.4 Å². The third kappa shape index (κ3) is 10.3. The van der Waals surface area contributed by atoms with E-state index in [1.807, 2.05) is 6.07 Å². The number of hydrogen-bond acceptors (Lipinski definition) is 5. The highest BCUT2D eigenvalue weighted by Crippen LogP contribution is 2.42. The second-order valence-electron chi connectivity index (χ2n) is 13.9. The molecular weight excluding hydrogens is 556 g/mol. The van der Waals surface area contributed by atoms with E-state index >= 15 is 0 Å². The number of rotatable bonds is 18. The van der Waals surface area contributed by atoms with E-state index < -0.39 is 15.9 Å². The Balaban J connectivity index is 1.58. The number of aliphatic hydroxyl groups excluding tert-OH is 1. The lowest BCUT2D eigenvalue weighted by atomic mass is 9.80. The van der Waals surface area contributed by atoms with Crippen molar-refractivity contribution in [2.75, 3.05) is 5.75 Å². The summed E-state index contributed by atoms with van der Waals surface area (Å²) in [6.07, 6.45) is 9.15. The number of unbranched alkanes of at least 4 members (excludes halogenated alkanes) is 1. The van der Waals surface area contributed by atoms with Crippen molar-refractivity contribution in [3.8, 4) is 0 Å². The van der Waals surface area contributed by atoms with Crippen LogP contribution in [0.5, 0.6) is 0 Å². The number of hydrogen-bond donors (Lipinski definition) is 1. The number of benzene rings is 1. The van der Waals surface area contributed by atoms with Gasteiger partial charge in [0.05, 0.1) is 41.2 Å². The normalized spacial score (nSPS) is 29.0. The average Bonchev–Trinajstić information content (AvgIpc) is 3.47. The van der Waals surface area contributed by atoms with E-state index in [1.54, 1.807) is 24.3 Å². The number of allylic oxidation sites excluding steroid dienone is 1. The van der Waals surface area contributed by atoms with Gasteiger partial charge in [0.2, 0.25) is 0 Å². The fourth-order valence-corrected chi connectivity index (χ4v) is 8.83. The van der Waals surface area contributed by atoms with Crippen LogP contribution in [0.3, 0.4) is 0 Å². The fraction of sp³-hybridized carbons (Fsp3) is 0.730. The van der Waals surface area contributed by atoms with Crippen molar-refractivity contribution in [3.63, 3.8) is 0 Å². The van der Waals surface area contributed by atoms with Crippen LogP contribution < -0.4 is 0 Å². The van der Waals surface area contributed by atoms with Crippen molar-refractivity contribution >= 4 is 9.84 Å². The van der Waals surface area contributed by atoms with Crippen molar-refractivity contribution in [1.82, 2.24) is 0 Å². The molecule has 1 aromatic rings. The third-order valence-corrected chi connectivity index (χ3v) is 12.2. The number of aliphatic hydroxyl groups is 1. The molecule has 1 aromatic carbocycles. The van der Waals surface area contributed by atoms with Crippen LogP contribution >= 0.6 is 0 Å². The van der Waals surface area contributed by atoms with E-state index in [0.29, 0.717) is 23.7 Å². The van der Waals surface area contributed by atoms with Crippen molar-refractivity contribution in [2.45, 2.75) is 141 Å². The molecule has 2 unspecified atom stereocenters. The van der Waals surface area contributed by atoms with Gasteiger partial charge in [-0.3, -0.25) is 0 Å².